The summed E-state index contributed by atoms with van der Waals surface area (Å²) in [5, 5.41) is 3.88. The molecule has 0 atom stereocenters. The minimum absolute atomic E-state index is 0.122. The molecule has 29 heavy (non-hydrogen) atoms. The average molecular weight is 492 g/mol. The van der Waals surface area contributed by atoms with Crippen LogP contribution in [-0.4, -0.2) is 24.8 Å². The van der Waals surface area contributed by atoms with Crippen LogP contribution in [0.2, 0.25) is 5.02 Å². The van der Waals surface area contributed by atoms with E-state index in [1.165, 1.54) is 18.9 Å². The van der Waals surface area contributed by atoms with Gasteiger partial charge in [0.25, 0.3) is 5.91 Å². The van der Waals surface area contributed by atoms with Crippen LogP contribution in [-0.2, 0) is 4.79 Å². The molecule has 0 unspecified atom stereocenters. The van der Waals surface area contributed by atoms with Crippen molar-refractivity contribution in [3.63, 3.8) is 0 Å². The Labute approximate surface area is 186 Å². The van der Waals surface area contributed by atoms with Gasteiger partial charge in [0.05, 0.1) is 22.2 Å². The Hall–Kier alpha value is -2.40. The maximum absolute atomic E-state index is 12.4. The third kappa shape index (κ3) is 5.15. The SMILES string of the molecule is C#CCOc1c(Br)cc(/C=C2/SC(=Nc3ccc(C)c(Cl)c3)NC2=O)cc1OC. The number of halogens is 2. The van der Waals surface area contributed by atoms with Gasteiger partial charge in [0.2, 0.25) is 0 Å². The highest BCUT2D eigenvalue weighted by atomic mass is 79.9. The van der Waals surface area contributed by atoms with Crippen LogP contribution in [0.3, 0.4) is 0 Å². The van der Waals surface area contributed by atoms with Crippen molar-refractivity contribution < 1.29 is 14.3 Å². The molecule has 1 saturated heterocycles. The summed E-state index contributed by atoms with van der Waals surface area (Å²) in [6, 6.07) is 9.08. The molecular formula is C21H16BrClN2O3S. The van der Waals surface area contributed by atoms with Crippen molar-refractivity contribution in [3.8, 4) is 23.8 Å². The number of amides is 1. The van der Waals surface area contributed by atoms with Crippen molar-refractivity contribution in [2.75, 3.05) is 13.7 Å². The zero-order valence-electron chi connectivity index (χ0n) is 15.6. The number of nitrogens with zero attached hydrogens (tertiary/aromatic N) is 1. The van der Waals surface area contributed by atoms with Crippen molar-refractivity contribution >= 4 is 62.1 Å². The molecule has 0 aromatic heterocycles. The van der Waals surface area contributed by atoms with Gasteiger partial charge in [-0.2, -0.15) is 0 Å². The molecule has 1 aliphatic rings. The largest absolute Gasteiger partial charge is 0.493 e. The Morgan fingerprint density at radius 3 is 2.86 bits per heavy atom. The van der Waals surface area contributed by atoms with Gasteiger partial charge < -0.3 is 14.8 Å². The molecule has 2 aromatic rings. The van der Waals surface area contributed by atoms with Gasteiger partial charge in [-0.05, 0) is 76.1 Å². The number of terminal acetylenes is 1. The predicted molar refractivity (Wildman–Crippen MR) is 122 cm³/mol. The molecule has 148 valence electrons. The van der Waals surface area contributed by atoms with Crippen LogP contribution in [0.25, 0.3) is 6.08 Å². The molecule has 1 fully saturated rings. The summed E-state index contributed by atoms with van der Waals surface area (Å²) in [5.41, 5.74) is 2.40. The van der Waals surface area contributed by atoms with E-state index >= 15 is 0 Å². The van der Waals surface area contributed by atoms with Crippen molar-refractivity contribution in [2.45, 2.75) is 6.92 Å². The molecule has 1 aliphatic heterocycles. The van der Waals surface area contributed by atoms with Crippen molar-refractivity contribution in [2.24, 2.45) is 4.99 Å². The number of carbonyl (C=O) groups is 1. The number of rotatable bonds is 5. The summed E-state index contributed by atoms with van der Waals surface area (Å²) in [5.74, 6) is 3.21. The van der Waals surface area contributed by atoms with E-state index in [0.717, 1.165) is 11.1 Å². The number of nitrogens with one attached hydrogen (secondary N) is 1. The molecule has 3 rings (SSSR count). The number of aliphatic imine (C=N–C) groups is 1. The van der Waals surface area contributed by atoms with Gasteiger partial charge in [-0.1, -0.05) is 23.6 Å². The number of thioether (sulfide) groups is 1. The van der Waals surface area contributed by atoms with Gasteiger partial charge in [0.1, 0.15) is 6.61 Å². The molecule has 0 bridgehead atoms. The number of hydrogen-bond donors (Lipinski definition) is 1. The zero-order valence-corrected chi connectivity index (χ0v) is 18.7. The van der Waals surface area contributed by atoms with E-state index in [1.54, 1.807) is 18.2 Å². The predicted octanol–water partition coefficient (Wildman–Crippen LogP) is 5.32. The summed E-state index contributed by atoms with van der Waals surface area (Å²) in [4.78, 5) is 17.3. The van der Waals surface area contributed by atoms with Crippen LogP contribution in [0, 0.1) is 19.3 Å². The van der Waals surface area contributed by atoms with E-state index < -0.39 is 0 Å². The normalized spacial score (nSPS) is 16.0. The topological polar surface area (TPSA) is 59.9 Å². The molecule has 8 heteroatoms. The fraction of sp³-hybridized carbons (Fsp3) is 0.143. The maximum Gasteiger partial charge on any atom is 0.264 e. The molecule has 5 nitrogen and oxygen atoms in total. The van der Waals surface area contributed by atoms with Gasteiger partial charge in [-0.15, -0.1) is 6.42 Å². The quantitative estimate of drug-likeness (QED) is 0.454. The van der Waals surface area contributed by atoms with Crippen molar-refractivity contribution in [1.82, 2.24) is 5.32 Å². The molecule has 0 spiro atoms. The van der Waals surface area contributed by atoms with Crippen molar-refractivity contribution in [3.05, 3.63) is 55.9 Å². The molecule has 0 saturated carbocycles. The molecular weight excluding hydrogens is 476 g/mol. The van der Waals surface area contributed by atoms with E-state index in [-0.39, 0.29) is 12.5 Å². The first kappa shape index (κ1) is 21.3. The van der Waals surface area contributed by atoms with Gasteiger partial charge in [-0.25, -0.2) is 4.99 Å². The van der Waals surface area contributed by atoms with E-state index in [1.807, 2.05) is 25.1 Å². The first-order valence-corrected chi connectivity index (χ1v) is 10.4. The monoisotopic (exact) mass is 490 g/mol. The van der Waals surface area contributed by atoms with Crippen LogP contribution < -0.4 is 14.8 Å². The standard InChI is InChI=1S/C21H16BrClN2O3S/c1-4-7-28-19-15(22)8-13(9-17(19)27-3)10-18-20(26)25-21(29-18)24-14-6-5-12(2)16(23)11-14/h1,5-6,8-11H,7H2,2-3H3,(H,24,25,26)/b18-10+. The van der Waals surface area contributed by atoms with Crippen LogP contribution in [0.15, 0.2) is 44.7 Å². The maximum atomic E-state index is 12.4. The molecule has 0 aliphatic carbocycles. The fourth-order valence-electron chi connectivity index (χ4n) is 2.48. The molecule has 1 N–H and O–H groups in total. The second kappa shape index (κ2) is 9.40. The Balaban J connectivity index is 1.86. The Morgan fingerprint density at radius 1 is 1.38 bits per heavy atom. The zero-order chi connectivity index (χ0) is 21.0. The summed E-state index contributed by atoms with van der Waals surface area (Å²) >= 11 is 10.8. The van der Waals surface area contributed by atoms with Gasteiger partial charge in [0, 0.05) is 5.02 Å². The number of hydrogen-bond acceptors (Lipinski definition) is 5. The fourth-order valence-corrected chi connectivity index (χ4v) is 4.07. The molecule has 1 heterocycles. The molecule has 2 aromatic carbocycles. The lowest BCUT2D eigenvalue weighted by atomic mass is 10.2. The first-order chi connectivity index (χ1) is 13.9. The van der Waals surface area contributed by atoms with Crippen LogP contribution in [0.4, 0.5) is 5.69 Å². The van der Waals surface area contributed by atoms with Crippen LogP contribution in [0.5, 0.6) is 11.5 Å². The van der Waals surface area contributed by atoms with E-state index in [4.69, 9.17) is 27.5 Å². The van der Waals surface area contributed by atoms with E-state index in [9.17, 15) is 4.79 Å². The number of ether oxygens (including phenoxy) is 2. The number of benzene rings is 2. The van der Waals surface area contributed by atoms with E-state index in [2.05, 4.69) is 32.2 Å². The number of methoxy groups -OCH3 is 1. The van der Waals surface area contributed by atoms with E-state index in [0.29, 0.717) is 36.8 Å². The van der Waals surface area contributed by atoms with Gasteiger partial charge in [0.15, 0.2) is 16.7 Å². The Morgan fingerprint density at radius 2 is 2.17 bits per heavy atom. The van der Waals surface area contributed by atoms with Gasteiger partial charge >= 0.3 is 0 Å². The third-order valence-electron chi connectivity index (χ3n) is 3.89. The highest BCUT2D eigenvalue weighted by molar-refractivity contribution is 9.10. The Bertz CT molecular complexity index is 1080. The first-order valence-electron chi connectivity index (χ1n) is 8.41. The van der Waals surface area contributed by atoms with Crippen molar-refractivity contribution in [1.29, 1.82) is 0 Å². The summed E-state index contributed by atoms with van der Waals surface area (Å²) < 4.78 is 11.6. The lowest BCUT2D eigenvalue weighted by Gasteiger charge is -2.12. The minimum atomic E-state index is -0.227. The summed E-state index contributed by atoms with van der Waals surface area (Å²) in [6.45, 7) is 2.04. The average Bonchev–Trinajstić information content (AvgIpc) is 3.02. The summed E-state index contributed by atoms with van der Waals surface area (Å²) in [7, 11) is 1.54. The van der Waals surface area contributed by atoms with Crippen LogP contribution in [0.1, 0.15) is 11.1 Å². The second-order valence-electron chi connectivity index (χ2n) is 5.94. The number of aryl methyl sites for hydroxylation is 1. The number of carbonyl (C=O) groups excluding carboxylic acids is 1. The lowest BCUT2D eigenvalue weighted by molar-refractivity contribution is -0.115. The smallest absolute Gasteiger partial charge is 0.264 e. The highest BCUT2D eigenvalue weighted by Gasteiger charge is 2.24. The van der Waals surface area contributed by atoms with Gasteiger partial charge in [-0.3, -0.25) is 4.79 Å². The Kier molecular flexibility index (Phi) is 6.91. The van der Waals surface area contributed by atoms with Crippen LogP contribution >= 0.6 is 39.3 Å². The second-order valence-corrected chi connectivity index (χ2v) is 8.23. The summed E-state index contributed by atoms with van der Waals surface area (Å²) in [6.07, 6.45) is 7.00. The molecule has 0 radical (unpaired) electrons. The third-order valence-corrected chi connectivity index (χ3v) is 5.79. The lowest BCUT2D eigenvalue weighted by Crippen LogP contribution is -2.19. The molecule has 1 amide bonds. The number of amidine groups is 1. The highest BCUT2D eigenvalue weighted by Crippen LogP contribution is 2.38. The minimum Gasteiger partial charge on any atom is -0.493 e.